The minimum atomic E-state index is -1.21. The fourth-order valence-corrected chi connectivity index (χ4v) is 1.79. The lowest BCUT2D eigenvalue weighted by Crippen LogP contribution is -2.22. The Morgan fingerprint density at radius 1 is 1.55 bits per heavy atom. The maximum absolute atomic E-state index is 11.8. The van der Waals surface area contributed by atoms with Gasteiger partial charge in [0.2, 0.25) is 5.76 Å². The topological polar surface area (TPSA) is 116 Å². The quantitative estimate of drug-likeness (QED) is 0.667. The number of carboxylic acid groups (broad SMARTS) is 1. The Morgan fingerprint density at radius 2 is 2.25 bits per heavy atom. The summed E-state index contributed by atoms with van der Waals surface area (Å²) in [5.74, 6) is -1.18. The summed E-state index contributed by atoms with van der Waals surface area (Å²) in [4.78, 5) is 32.5. The number of carbonyl (C=O) groups is 1. The average Bonchev–Trinajstić information content (AvgIpc) is 2.72. The van der Waals surface area contributed by atoms with Crippen molar-refractivity contribution in [2.75, 3.05) is 0 Å². The first kappa shape index (κ1) is 13.5. The van der Waals surface area contributed by atoms with Crippen LogP contribution in [0.5, 0.6) is 0 Å². The summed E-state index contributed by atoms with van der Waals surface area (Å²) in [6.07, 6.45) is 1.37. The van der Waals surface area contributed by atoms with Crippen molar-refractivity contribution in [2.45, 2.75) is 13.5 Å². The molecule has 8 heteroatoms. The molecule has 0 spiro atoms. The van der Waals surface area contributed by atoms with Crippen LogP contribution < -0.4 is 5.56 Å². The summed E-state index contributed by atoms with van der Waals surface area (Å²) < 4.78 is 6.19. The molecule has 0 saturated heterocycles. The normalized spacial score (nSPS) is 10.4. The smallest absolute Gasteiger partial charge is 0.372 e. The SMILES string of the molecule is Cc1cc(Cn2cccc([N+](=O)[O-])c2=O)oc1C(=O)O. The first-order chi connectivity index (χ1) is 9.40. The molecule has 104 valence electrons. The zero-order chi connectivity index (χ0) is 14.9. The van der Waals surface area contributed by atoms with E-state index in [2.05, 4.69) is 0 Å². The molecule has 0 unspecified atom stereocenters. The van der Waals surface area contributed by atoms with Crippen LogP contribution in [0.4, 0.5) is 5.69 Å². The van der Waals surface area contributed by atoms with Crippen LogP contribution in [-0.2, 0) is 6.54 Å². The molecule has 0 atom stereocenters. The highest BCUT2D eigenvalue weighted by Crippen LogP contribution is 2.15. The predicted molar refractivity (Wildman–Crippen MR) is 66.9 cm³/mol. The molecule has 20 heavy (non-hydrogen) atoms. The maximum Gasteiger partial charge on any atom is 0.372 e. The molecule has 0 aliphatic carbocycles. The number of aryl methyl sites for hydroxylation is 1. The van der Waals surface area contributed by atoms with Gasteiger partial charge in [0, 0.05) is 17.8 Å². The van der Waals surface area contributed by atoms with Crippen molar-refractivity contribution < 1.29 is 19.2 Å². The molecule has 0 fully saturated rings. The van der Waals surface area contributed by atoms with E-state index >= 15 is 0 Å². The van der Waals surface area contributed by atoms with E-state index < -0.39 is 22.1 Å². The lowest BCUT2D eigenvalue weighted by Gasteiger charge is -2.02. The van der Waals surface area contributed by atoms with Crippen molar-refractivity contribution in [2.24, 2.45) is 0 Å². The molecule has 0 radical (unpaired) electrons. The zero-order valence-corrected chi connectivity index (χ0v) is 10.4. The van der Waals surface area contributed by atoms with E-state index in [4.69, 9.17) is 9.52 Å². The van der Waals surface area contributed by atoms with Crippen molar-refractivity contribution >= 4 is 11.7 Å². The molecule has 2 heterocycles. The Labute approximate surface area is 112 Å². The summed E-state index contributed by atoms with van der Waals surface area (Å²) in [5.41, 5.74) is -0.899. The van der Waals surface area contributed by atoms with Crippen molar-refractivity contribution in [1.29, 1.82) is 0 Å². The number of pyridine rings is 1. The highest BCUT2D eigenvalue weighted by Gasteiger charge is 2.17. The summed E-state index contributed by atoms with van der Waals surface area (Å²) in [5, 5.41) is 19.5. The Morgan fingerprint density at radius 3 is 2.80 bits per heavy atom. The Bertz CT molecular complexity index is 743. The molecule has 0 aliphatic heterocycles. The Kier molecular flexibility index (Phi) is 3.38. The molecule has 8 nitrogen and oxygen atoms in total. The lowest BCUT2D eigenvalue weighted by molar-refractivity contribution is -0.386. The van der Waals surface area contributed by atoms with Gasteiger partial charge < -0.3 is 14.1 Å². The van der Waals surface area contributed by atoms with Crippen molar-refractivity contribution in [3.63, 3.8) is 0 Å². The van der Waals surface area contributed by atoms with E-state index in [0.717, 1.165) is 10.6 Å². The Hall–Kier alpha value is -2.90. The molecule has 0 saturated carbocycles. The van der Waals surface area contributed by atoms with Gasteiger partial charge in [-0.3, -0.25) is 14.9 Å². The molecule has 2 rings (SSSR count). The fourth-order valence-electron chi connectivity index (χ4n) is 1.79. The van der Waals surface area contributed by atoms with Crippen LogP contribution >= 0.6 is 0 Å². The van der Waals surface area contributed by atoms with Crippen LogP contribution in [0.15, 0.2) is 33.6 Å². The average molecular weight is 278 g/mol. The molecule has 2 aromatic heterocycles. The van der Waals surface area contributed by atoms with E-state index in [1.165, 1.54) is 18.3 Å². The third-order valence-electron chi connectivity index (χ3n) is 2.69. The minimum absolute atomic E-state index is 0.0748. The van der Waals surface area contributed by atoms with Gasteiger partial charge in [-0.1, -0.05) is 0 Å². The summed E-state index contributed by atoms with van der Waals surface area (Å²) in [6, 6.07) is 3.96. The zero-order valence-electron chi connectivity index (χ0n) is 10.4. The van der Waals surface area contributed by atoms with E-state index in [-0.39, 0.29) is 18.1 Å². The number of nitro groups is 1. The van der Waals surface area contributed by atoms with Gasteiger partial charge in [-0.15, -0.1) is 0 Å². The van der Waals surface area contributed by atoms with Crippen molar-refractivity contribution in [3.8, 4) is 0 Å². The number of rotatable bonds is 4. The van der Waals surface area contributed by atoms with Crippen LogP contribution in [-0.4, -0.2) is 20.6 Å². The molecular weight excluding hydrogens is 268 g/mol. The molecule has 0 bridgehead atoms. The van der Waals surface area contributed by atoms with Crippen LogP contribution in [0.25, 0.3) is 0 Å². The van der Waals surface area contributed by atoms with E-state index in [1.54, 1.807) is 6.92 Å². The maximum atomic E-state index is 11.8. The molecule has 0 aliphatic rings. The van der Waals surface area contributed by atoms with E-state index in [0.29, 0.717) is 5.56 Å². The third kappa shape index (κ3) is 2.44. The number of furan rings is 1. The lowest BCUT2D eigenvalue weighted by atomic mass is 10.2. The summed E-state index contributed by atoms with van der Waals surface area (Å²) >= 11 is 0. The molecular formula is C12H10N2O6. The van der Waals surface area contributed by atoms with Crippen LogP contribution in [0.3, 0.4) is 0 Å². The second kappa shape index (κ2) is 5.00. The van der Waals surface area contributed by atoms with Crippen LogP contribution in [0, 0.1) is 17.0 Å². The monoisotopic (exact) mass is 278 g/mol. The van der Waals surface area contributed by atoms with Gasteiger partial charge in [0.1, 0.15) is 5.76 Å². The van der Waals surface area contributed by atoms with Gasteiger partial charge in [0.25, 0.3) is 0 Å². The first-order valence-electron chi connectivity index (χ1n) is 5.56. The summed E-state index contributed by atoms with van der Waals surface area (Å²) in [7, 11) is 0. The second-order valence-corrected chi connectivity index (χ2v) is 4.11. The predicted octanol–water partition coefficient (Wildman–Crippen LogP) is 1.40. The van der Waals surface area contributed by atoms with Crippen LogP contribution in [0.1, 0.15) is 21.9 Å². The first-order valence-corrected chi connectivity index (χ1v) is 5.56. The number of nitrogens with zero attached hydrogens (tertiary/aromatic N) is 2. The van der Waals surface area contributed by atoms with E-state index in [1.807, 2.05) is 0 Å². The van der Waals surface area contributed by atoms with Gasteiger partial charge in [-0.25, -0.2) is 4.79 Å². The van der Waals surface area contributed by atoms with Gasteiger partial charge in [0.05, 0.1) is 11.5 Å². The largest absolute Gasteiger partial charge is 0.475 e. The number of hydrogen-bond acceptors (Lipinski definition) is 5. The van der Waals surface area contributed by atoms with Gasteiger partial charge in [-0.05, 0) is 19.1 Å². The summed E-state index contributed by atoms with van der Waals surface area (Å²) in [6.45, 7) is 1.49. The second-order valence-electron chi connectivity index (χ2n) is 4.11. The number of carboxylic acids is 1. The number of hydrogen-bond donors (Lipinski definition) is 1. The standard InChI is InChI=1S/C12H10N2O6/c1-7-5-8(20-10(7)12(16)17)6-13-4-2-3-9(11(13)15)14(18)19/h2-5H,6H2,1H3,(H,16,17). The van der Waals surface area contributed by atoms with E-state index in [9.17, 15) is 19.7 Å². The third-order valence-corrected chi connectivity index (χ3v) is 2.69. The number of aromatic nitrogens is 1. The van der Waals surface area contributed by atoms with Crippen molar-refractivity contribution in [3.05, 3.63) is 61.9 Å². The molecule has 2 aromatic rings. The molecule has 0 aromatic carbocycles. The molecule has 0 amide bonds. The number of aromatic carboxylic acids is 1. The van der Waals surface area contributed by atoms with Gasteiger partial charge >= 0.3 is 17.2 Å². The van der Waals surface area contributed by atoms with Gasteiger partial charge in [0.15, 0.2) is 0 Å². The highest BCUT2D eigenvalue weighted by molar-refractivity contribution is 5.86. The van der Waals surface area contributed by atoms with Crippen molar-refractivity contribution in [1.82, 2.24) is 4.57 Å². The Balaban J connectivity index is 2.38. The minimum Gasteiger partial charge on any atom is -0.475 e. The molecule has 1 N–H and O–H groups in total. The fraction of sp³-hybridized carbons (Fsp3) is 0.167. The van der Waals surface area contributed by atoms with Gasteiger partial charge in [-0.2, -0.15) is 0 Å². The van der Waals surface area contributed by atoms with Crippen LogP contribution in [0.2, 0.25) is 0 Å². The highest BCUT2D eigenvalue weighted by atomic mass is 16.6.